The van der Waals surface area contributed by atoms with Crippen molar-refractivity contribution in [3.05, 3.63) is 57.6 Å². The molecule has 3 rings (SSSR count). The largest absolute Gasteiger partial charge is 0.455 e. The van der Waals surface area contributed by atoms with Crippen LogP contribution in [0.1, 0.15) is 17.5 Å². The Morgan fingerprint density at radius 2 is 1.90 bits per heavy atom. The van der Waals surface area contributed by atoms with Gasteiger partial charge in [-0.2, -0.15) is 0 Å². The summed E-state index contributed by atoms with van der Waals surface area (Å²) in [7, 11) is 0. The van der Waals surface area contributed by atoms with Crippen LogP contribution in [0.2, 0.25) is 10.0 Å². The Morgan fingerprint density at radius 3 is 2.66 bits per heavy atom. The first-order valence-electron chi connectivity index (χ1n) is 9.05. The van der Waals surface area contributed by atoms with Gasteiger partial charge in [0.25, 0.3) is 5.91 Å². The van der Waals surface area contributed by atoms with Crippen LogP contribution in [-0.4, -0.2) is 30.9 Å². The van der Waals surface area contributed by atoms with Crippen LogP contribution in [0.4, 0.5) is 11.4 Å². The molecule has 1 saturated heterocycles. The van der Waals surface area contributed by atoms with E-state index in [1.54, 1.807) is 24.3 Å². The normalized spacial score (nSPS) is 16.1. The zero-order valence-electron chi connectivity index (χ0n) is 16.0. The topological polar surface area (TPSA) is 75.7 Å². The zero-order chi connectivity index (χ0) is 21.1. The van der Waals surface area contributed by atoms with Gasteiger partial charge in [-0.15, -0.1) is 0 Å². The highest BCUT2D eigenvalue weighted by Crippen LogP contribution is 2.35. The van der Waals surface area contributed by atoms with E-state index in [0.717, 1.165) is 11.1 Å². The number of ether oxygens (including phenoxy) is 1. The number of hydrogen-bond acceptors (Lipinski definition) is 4. The summed E-state index contributed by atoms with van der Waals surface area (Å²) in [6.07, 6.45) is -0.0136. The number of esters is 1. The summed E-state index contributed by atoms with van der Waals surface area (Å²) in [5, 5.41) is 3.31. The highest BCUT2D eigenvalue weighted by molar-refractivity contribution is 6.44. The number of rotatable bonds is 5. The third-order valence-corrected chi connectivity index (χ3v) is 5.71. The Kier molecular flexibility index (Phi) is 6.45. The van der Waals surface area contributed by atoms with Crippen LogP contribution in [0.25, 0.3) is 0 Å². The van der Waals surface area contributed by atoms with Gasteiger partial charge in [-0.05, 0) is 43.2 Å². The Bertz CT molecular complexity index is 977. The average Bonchev–Trinajstić information content (AvgIpc) is 3.07. The van der Waals surface area contributed by atoms with E-state index in [0.29, 0.717) is 16.4 Å². The fourth-order valence-electron chi connectivity index (χ4n) is 3.13. The Morgan fingerprint density at radius 1 is 1.17 bits per heavy atom. The number of aryl methyl sites for hydroxylation is 1. The van der Waals surface area contributed by atoms with Crippen molar-refractivity contribution in [2.75, 3.05) is 23.4 Å². The summed E-state index contributed by atoms with van der Waals surface area (Å²) >= 11 is 12.2. The van der Waals surface area contributed by atoms with Crippen molar-refractivity contribution in [1.82, 2.24) is 0 Å². The minimum absolute atomic E-state index is 0.0136. The van der Waals surface area contributed by atoms with E-state index < -0.39 is 24.4 Å². The molecule has 0 aromatic heterocycles. The maximum Gasteiger partial charge on any atom is 0.311 e. The molecule has 0 saturated carbocycles. The third kappa shape index (κ3) is 4.71. The molecule has 1 aliphatic heterocycles. The SMILES string of the molecule is Cc1cccc(NC(=O)COC(=O)[C@@H]2CC(=O)N(c3cccc(Cl)c3Cl)C2)c1C. The first kappa shape index (κ1) is 21.1. The standard InChI is InChI=1S/C21H20Cl2N2O4/c1-12-5-3-7-16(13(12)2)24-18(26)11-29-21(28)14-9-19(27)25(10-14)17-8-4-6-15(22)20(17)23/h3-8,14H,9-11H2,1-2H3,(H,24,26)/t14-/m1/s1. The summed E-state index contributed by atoms with van der Waals surface area (Å²) in [6, 6.07) is 10.5. The lowest BCUT2D eigenvalue weighted by molar-refractivity contribution is -0.151. The van der Waals surface area contributed by atoms with E-state index in [9.17, 15) is 14.4 Å². The first-order chi connectivity index (χ1) is 13.8. The van der Waals surface area contributed by atoms with Crippen molar-refractivity contribution in [3.63, 3.8) is 0 Å². The lowest BCUT2D eigenvalue weighted by Gasteiger charge is -2.18. The second-order valence-electron chi connectivity index (χ2n) is 6.88. The molecule has 29 heavy (non-hydrogen) atoms. The molecule has 1 heterocycles. The molecule has 2 amide bonds. The van der Waals surface area contributed by atoms with Crippen molar-refractivity contribution >= 4 is 52.4 Å². The lowest BCUT2D eigenvalue weighted by atomic mass is 10.1. The molecule has 0 radical (unpaired) electrons. The maximum absolute atomic E-state index is 12.4. The summed E-state index contributed by atoms with van der Waals surface area (Å²) < 4.78 is 5.13. The quantitative estimate of drug-likeness (QED) is 0.717. The maximum atomic E-state index is 12.4. The number of halogens is 2. The second-order valence-corrected chi connectivity index (χ2v) is 7.67. The molecular weight excluding hydrogens is 415 g/mol. The van der Waals surface area contributed by atoms with E-state index in [1.807, 2.05) is 26.0 Å². The van der Waals surface area contributed by atoms with Gasteiger partial charge < -0.3 is 15.0 Å². The summed E-state index contributed by atoms with van der Waals surface area (Å²) in [4.78, 5) is 38.2. The summed E-state index contributed by atoms with van der Waals surface area (Å²) in [5.41, 5.74) is 3.11. The van der Waals surface area contributed by atoms with Gasteiger partial charge in [0.05, 0.1) is 21.7 Å². The molecule has 2 aromatic carbocycles. The fourth-order valence-corrected chi connectivity index (χ4v) is 3.52. The van der Waals surface area contributed by atoms with E-state index in [-0.39, 0.29) is 23.9 Å². The Hall–Kier alpha value is -2.57. The van der Waals surface area contributed by atoms with Gasteiger partial charge in [-0.1, -0.05) is 41.4 Å². The Balaban J connectivity index is 1.57. The van der Waals surface area contributed by atoms with Gasteiger partial charge in [0.2, 0.25) is 5.91 Å². The number of nitrogens with one attached hydrogen (secondary N) is 1. The Labute approximate surface area is 178 Å². The van der Waals surface area contributed by atoms with Crippen molar-refractivity contribution in [2.24, 2.45) is 5.92 Å². The minimum Gasteiger partial charge on any atom is -0.455 e. The summed E-state index contributed by atoms with van der Waals surface area (Å²) in [5.74, 6) is -1.97. The molecule has 152 valence electrons. The number of carbonyl (C=O) groups is 3. The van der Waals surface area contributed by atoms with Crippen LogP contribution in [0.3, 0.4) is 0 Å². The highest BCUT2D eigenvalue weighted by Gasteiger charge is 2.37. The second kappa shape index (κ2) is 8.84. The molecule has 0 spiro atoms. The van der Waals surface area contributed by atoms with Crippen LogP contribution in [0.5, 0.6) is 0 Å². The van der Waals surface area contributed by atoms with Crippen molar-refractivity contribution in [1.29, 1.82) is 0 Å². The van der Waals surface area contributed by atoms with Crippen molar-refractivity contribution < 1.29 is 19.1 Å². The zero-order valence-corrected chi connectivity index (χ0v) is 17.5. The van der Waals surface area contributed by atoms with E-state index in [1.165, 1.54) is 4.90 Å². The van der Waals surface area contributed by atoms with E-state index in [4.69, 9.17) is 27.9 Å². The minimum atomic E-state index is -0.675. The first-order valence-corrected chi connectivity index (χ1v) is 9.80. The predicted octanol–water partition coefficient (Wildman–Crippen LogP) is 4.15. The van der Waals surface area contributed by atoms with Crippen molar-refractivity contribution in [2.45, 2.75) is 20.3 Å². The number of amides is 2. The number of nitrogens with zero attached hydrogens (tertiary/aromatic N) is 1. The molecule has 1 aliphatic rings. The highest BCUT2D eigenvalue weighted by atomic mass is 35.5. The molecule has 0 bridgehead atoms. The molecular formula is C21H20Cl2N2O4. The van der Waals surface area contributed by atoms with Gasteiger partial charge in [0.15, 0.2) is 6.61 Å². The predicted molar refractivity (Wildman–Crippen MR) is 112 cm³/mol. The van der Waals surface area contributed by atoms with Crippen LogP contribution in [0.15, 0.2) is 36.4 Å². The molecule has 0 aliphatic carbocycles. The number of benzene rings is 2. The number of hydrogen-bond donors (Lipinski definition) is 1. The molecule has 0 unspecified atom stereocenters. The van der Waals surface area contributed by atoms with Gasteiger partial charge in [0, 0.05) is 18.7 Å². The molecule has 1 fully saturated rings. The molecule has 1 atom stereocenters. The molecule has 2 aromatic rings. The molecule has 1 N–H and O–H groups in total. The van der Waals surface area contributed by atoms with E-state index >= 15 is 0 Å². The van der Waals surface area contributed by atoms with Gasteiger partial charge in [-0.3, -0.25) is 14.4 Å². The third-order valence-electron chi connectivity index (χ3n) is 4.90. The van der Waals surface area contributed by atoms with Gasteiger partial charge >= 0.3 is 5.97 Å². The fraction of sp³-hybridized carbons (Fsp3) is 0.286. The lowest BCUT2D eigenvalue weighted by Crippen LogP contribution is -2.28. The number of carbonyl (C=O) groups excluding carboxylic acids is 3. The molecule has 6 nitrogen and oxygen atoms in total. The van der Waals surface area contributed by atoms with Crippen LogP contribution in [0, 0.1) is 19.8 Å². The average molecular weight is 435 g/mol. The summed E-state index contributed by atoms with van der Waals surface area (Å²) in [6.45, 7) is 3.54. The monoisotopic (exact) mass is 434 g/mol. The smallest absolute Gasteiger partial charge is 0.311 e. The van der Waals surface area contributed by atoms with Gasteiger partial charge in [0.1, 0.15) is 0 Å². The van der Waals surface area contributed by atoms with Crippen LogP contribution in [-0.2, 0) is 19.1 Å². The van der Waals surface area contributed by atoms with Gasteiger partial charge in [-0.25, -0.2) is 0 Å². The van der Waals surface area contributed by atoms with E-state index in [2.05, 4.69) is 5.32 Å². The molecule has 8 heteroatoms. The van der Waals surface area contributed by atoms with Crippen LogP contribution < -0.4 is 10.2 Å². The van der Waals surface area contributed by atoms with Crippen LogP contribution >= 0.6 is 23.2 Å². The number of anilines is 2. The van der Waals surface area contributed by atoms with Crippen molar-refractivity contribution in [3.8, 4) is 0 Å².